The fourth-order valence-corrected chi connectivity index (χ4v) is 3.04. The Morgan fingerprint density at radius 2 is 1.22 bits per heavy atom. The van der Waals surface area contributed by atoms with Crippen molar-refractivity contribution in [1.82, 2.24) is 0 Å². The van der Waals surface area contributed by atoms with Crippen molar-refractivity contribution in [1.29, 1.82) is 0 Å². The van der Waals surface area contributed by atoms with E-state index in [4.69, 9.17) is 18.8 Å². The van der Waals surface area contributed by atoms with Gasteiger partial charge in [-0.3, -0.25) is 0 Å². The van der Waals surface area contributed by atoms with E-state index in [1.165, 1.54) is 0 Å². The summed E-state index contributed by atoms with van der Waals surface area (Å²) in [6.45, 7) is 6.55. The summed E-state index contributed by atoms with van der Waals surface area (Å²) in [6.07, 6.45) is -4.95. The van der Waals surface area contributed by atoms with E-state index in [1.54, 1.807) is 48.5 Å². The molecule has 0 unspecified atom stereocenters. The highest BCUT2D eigenvalue weighted by molar-refractivity contribution is 9.10. The highest BCUT2D eigenvalue weighted by atomic mass is 79.9. The van der Waals surface area contributed by atoms with Gasteiger partial charge in [-0.25, -0.2) is 17.6 Å². The molecule has 0 aromatic heterocycles. The lowest BCUT2D eigenvalue weighted by Gasteiger charge is -2.32. The lowest BCUT2D eigenvalue weighted by Crippen LogP contribution is -2.41. The van der Waals surface area contributed by atoms with E-state index in [1.807, 2.05) is 27.7 Å². The van der Waals surface area contributed by atoms with Crippen molar-refractivity contribution in [3.8, 4) is 11.5 Å². The number of benzene rings is 2. The molecule has 10 heteroatoms. The number of ether oxygens (including phenoxy) is 2. The van der Waals surface area contributed by atoms with Crippen LogP contribution in [0.25, 0.3) is 0 Å². The Morgan fingerprint density at radius 3 is 1.72 bits per heavy atom. The standard InChI is InChI=1S/C14H19BF2O3.C8H7BrF2O/c1-13(2)14(3,4)20-15(19-13)10-7-5-6-8-11(10)18-9-12(16)17;9-6-3-1-2-4-7(6)12-5-8(10)11/h5-8,12H,9H2,1-4H3;1-4,8H,5H2. The van der Waals surface area contributed by atoms with E-state index in [0.29, 0.717) is 21.4 Å². The Kier molecular flexibility index (Phi) is 9.42. The predicted octanol–water partition coefficient (Wildman–Crippen LogP) is 5.72. The van der Waals surface area contributed by atoms with Crippen LogP contribution in [-0.2, 0) is 9.31 Å². The van der Waals surface area contributed by atoms with E-state index >= 15 is 0 Å². The molecule has 0 radical (unpaired) electrons. The van der Waals surface area contributed by atoms with Crippen LogP contribution in [0.2, 0.25) is 0 Å². The van der Waals surface area contributed by atoms with Crippen molar-refractivity contribution in [2.45, 2.75) is 51.7 Å². The highest BCUT2D eigenvalue weighted by Crippen LogP contribution is 2.37. The molecule has 0 bridgehead atoms. The quantitative estimate of drug-likeness (QED) is 0.345. The summed E-state index contributed by atoms with van der Waals surface area (Å²) >= 11 is 3.18. The summed E-state index contributed by atoms with van der Waals surface area (Å²) in [6, 6.07) is 13.8. The van der Waals surface area contributed by atoms with Crippen LogP contribution in [0.15, 0.2) is 53.0 Å². The molecule has 4 nitrogen and oxygen atoms in total. The molecule has 1 fully saturated rings. The summed E-state index contributed by atoms with van der Waals surface area (Å²) in [5.74, 6) is 0.809. The van der Waals surface area contributed by atoms with Gasteiger partial charge in [0.15, 0.2) is 0 Å². The van der Waals surface area contributed by atoms with Gasteiger partial charge in [0.05, 0.1) is 15.7 Å². The second-order valence-electron chi connectivity index (χ2n) is 7.96. The van der Waals surface area contributed by atoms with Gasteiger partial charge in [-0.15, -0.1) is 0 Å². The maximum atomic E-state index is 12.3. The molecule has 0 spiro atoms. The lowest BCUT2D eigenvalue weighted by atomic mass is 9.78. The molecule has 0 saturated carbocycles. The van der Waals surface area contributed by atoms with Crippen molar-refractivity contribution < 1.29 is 36.3 Å². The summed E-state index contributed by atoms with van der Waals surface area (Å²) in [7, 11) is -0.617. The van der Waals surface area contributed by atoms with Crippen molar-refractivity contribution >= 4 is 28.5 Å². The minimum absolute atomic E-state index is 0.367. The molecule has 2 aromatic rings. The first kappa shape index (κ1) is 26.5. The van der Waals surface area contributed by atoms with Gasteiger partial charge in [-0.2, -0.15) is 0 Å². The smallest absolute Gasteiger partial charge is 0.488 e. The van der Waals surface area contributed by atoms with E-state index in [-0.39, 0.29) is 0 Å². The van der Waals surface area contributed by atoms with Crippen LogP contribution >= 0.6 is 15.9 Å². The molecule has 0 atom stereocenters. The van der Waals surface area contributed by atoms with Gasteiger partial charge in [0, 0.05) is 5.46 Å². The maximum absolute atomic E-state index is 12.3. The van der Waals surface area contributed by atoms with Gasteiger partial charge >= 0.3 is 7.12 Å². The fraction of sp³-hybridized carbons (Fsp3) is 0.455. The third-order valence-electron chi connectivity index (χ3n) is 4.99. The van der Waals surface area contributed by atoms with Crippen molar-refractivity contribution in [2.75, 3.05) is 13.2 Å². The van der Waals surface area contributed by atoms with Crippen LogP contribution in [0.1, 0.15) is 27.7 Å². The summed E-state index contributed by atoms with van der Waals surface area (Å²) < 4.78 is 70.4. The molecule has 0 N–H and O–H groups in total. The topological polar surface area (TPSA) is 36.9 Å². The third kappa shape index (κ3) is 7.38. The Balaban J connectivity index is 0.000000258. The van der Waals surface area contributed by atoms with Crippen LogP contribution in [0.3, 0.4) is 0 Å². The third-order valence-corrected chi connectivity index (χ3v) is 5.65. The number of rotatable bonds is 7. The molecule has 1 aliphatic rings. The average Bonchev–Trinajstić information content (AvgIpc) is 2.93. The molecule has 0 aliphatic carbocycles. The van der Waals surface area contributed by atoms with Crippen LogP contribution in [0.5, 0.6) is 11.5 Å². The number of halogens is 5. The van der Waals surface area contributed by atoms with Gasteiger partial charge in [0.1, 0.15) is 24.7 Å². The molecule has 3 rings (SSSR count). The molecule has 32 heavy (non-hydrogen) atoms. The maximum Gasteiger partial charge on any atom is 0.498 e. The first-order valence-electron chi connectivity index (χ1n) is 9.94. The van der Waals surface area contributed by atoms with Gasteiger partial charge in [0.25, 0.3) is 12.9 Å². The van der Waals surface area contributed by atoms with Crippen molar-refractivity contribution in [2.24, 2.45) is 0 Å². The number of hydrogen-bond donors (Lipinski definition) is 0. The SMILES string of the molecule is CC1(C)OB(c2ccccc2OCC(F)F)OC1(C)C.FC(F)COc1ccccc1Br. The Labute approximate surface area is 194 Å². The van der Waals surface area contributed by atoms with E-state index < -0.39 is 44.4 Å². The van der Waals surface area contributed by atoms with Crippen molar-refractivity contribution in [3.63, 3.8) is 0 Å². The molecule has 0 amide bonds. The Morgan fingerprint density at radius 1 is 0.781 bits per heavy atom. The number of hydrogen-bond acceptors (Lipinski definition) is 4. The van der Waals surface area contributed by atoms with Crippen molar-refractivity contribution in [3.05, 3.63) is 53.0 Å². The van der Waals surface area contributed by atoms with Gasteiger partial charge in [0.2, 0.25) is 0 Å². The minimum atomic E-state index is -2.51. The number of para-hydroxylation sites is 2. The minimum Gasteiger partial charge on any atom is -0.488 e. The zero-order valence-corrected chi connectivity index (χ0v) is 19.9. The molecule has 1 saturated heterocycles. The summed E-state index contributed by atoms with van der Waals surface area (Å²) in [5.41, 5.74) is -0.326. The predicted molar refractivity (Wildman–Crippen MR) is 119 cm³/mol. The second kappa shape index (κ2) is 11.4. The van der Waals surface area contributed by atoms with Gasteiger partial charge in [-0.05, 0) is 61.8 Å². The molecule has 1 aliphatic heterocycles. The average molecular weight is 521 g/mol. The van der Waals surface area contributed by atoms with E-state index in [2.05, 4.69) is 15.9 Å². The van der Waals surface area contributed by atoms with Crippen LogP contribution in [0, 0.1) is 0 Å². The first-order valence-corrected chi connectivity index (χ1v) is 10.7. The summed E-state index contributed by atoms with van der Waals surface area (Å²) in [5, 5.41) is 0. The largest absolute Gasteiger partial charge is 0.498 e. The Bertz CT molecular complexity index is 851. The first-order chi connectivity index (χ1) is 14.9. The normalized spacial score (nSPS) is 16.7. The molecular weight excluding hydrogens is 495 g/mol. The molecular formula is C22H26BBrF4O4. The number of alkyl halides is 4. The molecule has 1 heterocycles. The van der Waals surface area contributed by atoms with E-state index in [9.17, 15) is 17.6 Å². The monoisotopic (exact) mass is 520 g/mol. The Hall–Kier alpha value is -1.78. The molecule has 176 valence electrons. The van der Waals surface area contributed by atoms with Crippen LogP contribution < -0.4 is 14.9 Å². The van der Waals surface area contributed by atoms with E-state index in [0.717, 1.165) is 0 Å². The van der Waals surface area contributed by atoms with Crippen LogP contribution in [-0.4, -0.2) is 44.4 Å². The summed E-state index contributed by atoms with van der Waals surface area (Å²) in [4.78, 5) is 0. The zero-order chi connectivity index (χ0) is 23.9. The van der Waals surface area contributed by atoms with Gasteiger partial charge < -0.3 is 18.8 Å². The zero-order valence-electron chi connectivity index (χ0n) is 18.3. The fourth-order valence-electron chi connectivity index (χ4n) is 2.64. The molecule has 2 aromatic carbocycles. The highest BCUT2D eigenvalue weighted by Gasteiger charge is 2.52. The van der Waals surface area contributed by atoms with Gasteiger partial charge in [-0.1, -0.05) is 30.3 Å². The lowest BCUT2D eigenvalue weighted by molar-refractivity contribution is 0.00578. The van der Waals surface area contributed by atoms with Crippen LogP contribution in [0.4, 0.5) is 17.6 Å². The second-order valence-corrected chi connectivity index (χ2v) is 8.82.